The summed E-state index contributed by atoms with van der Waals surface area (Å²) in [6.07, 6.45) is 0. The number of carbonyl (C=O) groups excluding carboxylic acids is 1. The number of para-hydroxylation sites is 1. The number of anilines is 1. The molecule has 2 heterocycles. The number of hydrogen-bond acceptors (Lipinski definition) is 5. The van der Waals surface area contributed by atoms with Crippen molar-refractivity contribution < 1.29 is 13.9 Å². The van der Waals surface area contributed by atoms with Gasteiger partial charge in [-0.3, -0.25) is 14.2 Å². The van der Waals surface area contributed by atoms with Crippen LogP contribution in [0.3, 0.4) is 0 Å². The van der Waals surface area contributed by atoms with Crippen molar-refractivity contribution in [2.24, 2.45) is 0 Å². The molecule has 4 aromatic rings. The number of hydrogen-bond donors (Lipinski definition) is 1. The molecule has 4 rings (SSSR count). The average molecular weight is 460 g/mol. The van der Waals surface area contributed by atoms with Crippen LogP contribution in [0.4, 0.5) is 10.1 Å². The molecule has 0 saturated heterocycles. The molecular weight excluding hydrogens is 445 g/mol. The van der Waals surface area contributed by atoms with E-state index >= 15 is 0 Å². The quantitative estimate of drug-likeness (QED) is 0.494. The van der Waals surface area contributed by atoms with Crippen LogP contribution in [-0.2, 0) is 11.3 Å². The van der Waals surface area contributed by atoms with E-state index in [1.165, 1.54) is 31.4 Å². The first-order valence-electron chi connectivity index (χ1n) is 9.02. The van der Waals surface area contributed by atoms with Crippen LogP contribution < -0.4 is 21.3 Å². The van der Waals surface area contributed by atoms with E-state index in [1.54, 1.807) is 23.6 Å². The van der Waals surface area contributed by atoms with Crippen molar-refractivity contribution in [2.75, 3.05) is 12.4 Å². The monoisotopic (exact) mass is 459 g/mol. The van der Waals surface area contributed by atoms with Gasteiger partial charge in [-0.2, -0.15) is 0 Å². The van der Waals surface area contributed by atoms with Crippen molar-refractivity contribution >= 4 is 44.7 Å². The number of ether oxygens (including phenoxy) is 1. The minimum atomic E-state index is -0.816. The molecule has 158 valence electrons. The second-order valence-corrected chi connectivity index (χ2v) is 7.82. The summed E-state index contributed by atoms with van der Waals surface area (Å²) in [5.74, 6) is -0.788. The largest absolute Gasteiger partial charge is 0.495 e. The molecule has 0 aliphatic carbocycles. The smallest absolute Gasteiger partial charge is 0.336 e. The van der Waals surface area contributed by atoms with Crippen molar-refractivity contribution in [2.45, 2.75) is 6.54 Å². The summed E-state index contributed by atoms with van der Waals surface area (Å²) in [7, 11) is 1.47. The van der Waals surface area contributed by atoms with Gasteiger partial charge >= 0.3 is 5.69 Å². The number of aromatic nitrogens is 2. The van der Waals surface area contributed by atoms with Gasteiger partial charge in [0.2, 0.25) is 5.91 Å². The van der Waals surface area contributed by atoms with Crippen molar-refractivity contribution in [3.05, 3.63) is 85.6 Å². The number of rotatable bonds is 5. The second-order valence-electron chi connectivity index (χ2n) is 6.49. The third-order valence-electron chi connectivity index (χ3n) is 4.59. The Morgan fingerprint density at radius 3 is 2.68 bits per heavy atom. The van der Waals surface area contributed by atoms with E-state index in [-0.39, 0.29) is 16.9 Å². The first-order valence-corrected chi connectivity index (χ1v) is 10.3. The molecule has 0 spiro atoms. The van der Waals surface area contributed by atoms with Crippen molar-refractivity contribution in [1.82, 2.24) is 9.13 Å². The van der Waals surface area contributed by atoms with Crippen molar-refractivity contribution in [3.63, 3.8) is 0 Å². The summed E-state index contributed by atoms with van der Waals surface area (Å²) < 4.78 is 21.5. The molecule has 7 nitrogen and oxygen atoms in total. The maximum atomic E-state index is 14.3. The number of nitrogens with one attached hydrogen (secondary N) is 1. The Kier molecular flexibility index (Phi) is 5.62. The van der Waals surface area contributed by atoms with Gasteiger partial charge in [0.25, 0.3) is 5.56 Å². The van der Waals surface area contributed by atoms with Crippen LogP contribution in [0.2, 0.25) is 5.02 Å². The lowest BCUT2D eigenvalue weighted by atomic mass is 10.3. The molecular formula is C21H15ClFN3O4S. The second kappa shape index (κ2) is 8.37. The van der Waals surface area contributed by atoms with Crippen LogP contribution >= 0.6 is 22.9 Å². The summed E-state index contributed by atoms with van der Waals surface area (Å²) in [5, 5.41) is 4.60. The molecule has 0 radical (unpaired) electrons. The summed E-state index contributed by atoms with van der Waals surface area (Å²) in [5.41, 5.74) is -0.921. The number of benzene rings is 2. The summed E-state index contributed by atoms with van der Waals surface area (Å²) in [6, 6.07) is 11.8. The average Bonchev–Trinajstić information content (AvgIpc) is 3.23. The molecule has 31 heavy (non-hydrogen) atoms. The predicted molar refractivity (Wildman–Crippen MR) is 118 cm³/mol. The Morgan fingerprint density at radius 2 is 1.97 bits per heavy atom. The Morgan fingerprint density at radius 1 is 1.19 bits per heavy atom. The zero-order chi connectivity index (χ0) is 22.1. The molecule has 0 aliphatic rings. The Bertz CT molecular complexity index is 1430. The fraction of sp³-hybridized carbons (Fsp3) is 0.0952. The molecule has 2 aromatic heterocycles. The van der Waals surface area contributed by atoms with E-state index in [0.717, 1.165) is 26.5 Å². The first kappa shape index (κ1) is 20.8. The molecule has 2 aromatic carbocycles. The number of nitrogens with zero attached hydrogens (tertiary/aromatic N) is 2. The highest BCUT2D eigenvalue weighted by atomic mass is 35.5. The SMILES string of the molecule is COc1ccc(NC(=O)Cn2c(=O)n(-c3ccccc3F)c(=O)c3sccc32)cc1Cl. The predicted octanol–water partition coefficient (Wildman–Crippen LogP) is 3.65. The summed E-state index contributed by atoms with van der Waals surface area (Å²) >= 11 is 7.19. The lowest BCUT2D eigenvalue weighted by molar-refractivity contribution is -0.116. The lowest BCUT2D eigenvalue weighted by Gasteiger charge is -2.13. The number of methoxy groups -OCH3 is 1. The zero-order valence-corrected chi connectivity index (χ0v) is 17.7. The number of thiophene rings is 1. The van der Waals surface area contributed by atoms with Gasteiger partial charge in [0, 0.05) is 5.69 Å². The highest BCUT2D eigenvalue weighted by molar-refractivity contribution is 7.17. The molecule has 0 aliphatic heterocycles. The fourth-order valence-corrected chi connectivity index (χ4v) is 4.26. The van der Waals surface area contributed by atoms with E-state index < -0.39 is 23.0 Å². The molecule has 0 saturated carbocycles. The lowest BCUT2D eigenvalue weighted by Crippen LogP contribution is -2.40. The molecule has 10 heteroatoms. The summed E-state index contributed by atoms with van der Waals surface area (Å²) in [4.78, 5) is 38.6. The van der Waals surface area contributed by atoms with E-state index in [9.17, 15) is 18.8 Å². The molecule has 0 fully saturated rings. The third-order valence-corrected chi connectivity index (χ3v) is 5.77. The van der Waals surface area contributed by atoms with E-state index in [2.05, 4.69) is 5.32 Å². The van der Waals surface area contributed by atoms with Gasteiger partial charge in [0.05, 0.1) is 23.3 Å². The number of carbonyl (C=O) groups is 1. The minimum Gasteiger partial charge on any atom is -0.495 e. The molecule has 0 unspecified atom stereocenters. The Balaban J connectivity index is 1.76. The minimum absolute atomic E-state index is 0.177. The Labute approximate surface area is 183 Å². The van der Waals surface area contributed by atoms with Gasteiger partial charge in [-0.25, -0.2) is 13.8 Å². The normalized spacial score (nSPS) is 10.9. The molecule has 0 atom stereocenters. The highest BCUT2D eigenvalue weighted by Crippen LogP contribution is 2.27. The van der Waals surface area contributed by atoms with Crippen LogP contribution in [-0.4, -0.2) is 22.2 Å². The number of amides is 1. The van der Waals surface area contributed by atoms with Crippen LogP contribution in [0.15, 0.2) is 63.5 Å². The summed E-state index contributed by atoms with van der Waals surface area (Å²) in [6.45, 7) is -0.384. The van der Waals surface area contributed by atoms with Gasteiger partial charge in [-0.05, 0) is 41.8 Å². The maximum absolute atomic E-state index is 14.3. The first-order chi connectivity index (χ1) is 14.9. The standard InChI is InChI=1S/C21H15ClFN3O4S/c1-30-17-7-6-12(10-13(17)22)24-18(27)11-25-16-8-9-31-19(16)20(28)26(21(25)29)15-5-3-2-4-14(15)23/h2-10H,11H2,1H3,(H,24,27). The van der Waals surface area contributed by atoms with Gasteiger partial charge < -0.3 is 10.1 Å². The fourth-order valence-electron chi connectivity index (χ4n) is 3.17. The number of halogens is 2. The van der Waals surface area contributed by atoms with Crippen LogP contribution in [0.1, 0.15) is 0 Å². The maximum Gasteiger partial charge on any atom is 0.336 e. The van der Waals surface area contributed by atoms with E-state index in [1.807, 2.05) is 0 Å². The third kappa shape index (κ3) is 3.85. The molecule has 1 N–H and O–H groups in total. The molecule has 0 bridgehead atoms. The van der Waals surface area contributed by atoms with E-state index in [4.69, 9.17) is 16.3 Å². The zero-order valence-electron chi connectivity index (χ0n) is 16.1. The van der Waals surface area contributed by atoms with Crippen LogP contribution in [0.5, 0.6) is 5.75 Å². The van der Waals surface area contributed by atoms with E-state index in [0.29, 0.717) is 22.0 Å². The van der Waals surface area contributed by atoms with Gasteiger partial charge in [-0.1, -0.05) is 23.7 Å². The van der Waals surface area contributed by atoms with Gasteiger partial charge in [-0.15, -0.1) is 11.3 Å². The van der Waals surface area contributed by atoms with Gasteiger partial charge in [0.1, 0.15) is 22.8 Å². The molecule has 1 amide bonds. The van der Waals surface area contributed by atoms with Crippen LogP contribution in [0.25, 0.3) is 15.9 Å². The number of fused-ring (bicyclic) bond motifs is 1. The van der Waals surface area contributed by atoms with Crippen molar-refractivity contribution in [1.29, 1.82) is 0 Å². The highest BCUT2D eigenvalue weighted by Gasteiger charge is 2.19. The van der Waals surface area contributed by atoms with Crippen molar-refractivity contribution in [3.8, 4) is 11.4 Å². The topological polar surface area (TPSA) is 82.3 Å². The Hall–Kier alpha value is -3.43. The van der Waals surface area contributed by atoms with Crippen LogP contribution in [0, 0.1) is 5.82 Å². The van der Waals surface area contributed by atoms with Gasteiger partial charge in [0.15, 0.2) is 0 Å².